The molecule has 2 aromatic carbocycles. The summed E-state index contributed by atoms with van der Waals surface area (Å²) in [5.74, 6) is 0.356. The van der Waals surface area contributed by atoms with Crippen molar-refractivity contribution in [1.29, 1.82) is 0 Å². The van der Waals surface area contributed by atoms with Crippen molar-refractivity contribution >= 4 is 23.2 Å². The molecule has 0 bridgehead atoms. The van der Waals surface area contributed by atoms with Crippen LogP contribution in [0.1, 0.15) is 38.7 Å². The molecule has 0 fully saturated rings. The SMILES string of the molecule is CCCCc1ccc(NC(=O)[C@H](CC)Oc2ccccc2Cl)cc1. The number of aryl methyl sites for hydroxylation is 1. The molecule has 1 atom stereocenters. The van der Waals surface area contributed by atoms with Crippen molar-refractivity contribution < 1.29 is 9.53 Å². The summed E-state index contributed by atoms with van der Waals surface area (Å²) in [6, 6.07) is 15.2. The topological polar surface area (TPSA) is 38.3 Å². The lowest BCUT2D eigenvalue weighted by atomic mass is 10.1. The minimum Gasteiger partial charge on any atom is -0.479 e. The maximum Gasteiger partial charge on any atom is 0.265 e. The van der Waals surface area contributed by atoms with Gasteiger partial charge in [-0.1, -0.05) is 56.1 Å². The molecule has 0 spiro atoms. The largest absolute Gasteiger partial charge is 0.479 e. The first kappa shape index (κ1) is 18.3. The van der Waals surface area contributed by atoms with Crippen LogP contribution in [0.4, 0.5) is 5.69 Å². The van der Waals surface area contributed by atoms with Crippen LogP contribution >= 0.6 is 11.6 Å². The second-order valence-electron chi connectivity index (χ2n) is 5.73. The van der Waals surface area contributed by atoms with E-state index in [0.717, 1.165) is 12.1 Å². The second kappa shape index (κ2) is 9.33. The zero-order valence-corrected chi connectivity index (χ0v) is 15.0. The number of anilines is 1. The molecule has 0 radical (unpaired) electrons. The number of para-hydroxylation sites is 1. The van der Waals surface area contributed by atoms with Crippen LogP contribution in [0.15, 0.2) is 48.5 Å². The number of benzene rings is 2. The average Bonchev–Trinajstić information content (AvgIpc) is 2.60. The van der Waals surface area contributed by atoms with E-state index in [4.69, 9.17) is 16.3 Å². The standard InChI is InChI=1S/C20H24ClNO2/c1-3-5-8-15-11-13-16(14-12-15)22-20(23)18(4-2)24-19-10-7-6-9-17(19)21/h6-7,9-14,18H,3-5,8H2,1-2H3,(H,22,23)/t18-/m0/s1. The van der Waals surface area contributed by atoms with E-state index in [1.165, 1.54) is 18.4 Å². The molecule has 0 unspecified atom stereocenters. The van der Waals surface area contributed by atoms with Crippen molar-refractivity contribution in [3.63, 3.8) is 0 Å². The molecule has 2 rings (SSSR count). The van der Waals surface area contributed by atoms with E-state index >= 15 is 0 Å². The number of hydrogen-bond acceptors (Lipinski definition) is 2. The molecular formula is C20H24ClNO2. The summed E-state index contributed by atoms with van der Waals surface area (Å²) in [6.07, 6.45) is 3.40. The first-order valence-corrected chi connectivity index (χ1v) is 8.82. The minimum absolute atomic E-state index is 0.168. The number of amides is 1. The van der Waals surface area contributed by atoms with Crippen LogP contribution in [0.5, 0.6) is 5.75 Å². The number of halogens is 1. The lowest BCUT2D eigenvalue weighted by Crippen LogP contribution is -2.32. The molecule has 0 saturated carbocycles. The molecule has 128 valence electrons. The van der Waals surface area contributed by atoms with Crippen molar-refractivity contribution in [2.45, 2.75) is 45.6 Å². The fourth-order valence-corrected chi connectivity index (χ4v) is 2.55. The zero-order chi connectivity index (χ0) is 17.4. The molecule has 0 saturated heterocycles. The first-order chi connectivity index (χ1) is 11.6. The lowest BCUT2D eigenvalue weighted by molar-refractivity contribution is -0.122. The Hall–Kier alpha value is -2.00. The van der Waals surface area contributed by atoms with Crippen molar-refractivity contribution in [3.05, 3.63) is 59.1 Å². The summed E-state index contributed by atoms with van der Waals surface area (Å²) in [7, 11) is 0. The summed E-state index contributed by atoms with van der Waals surface area (Å²) < 4.78 is 5.76. The van der Waals surface area contributed by atoms with E-state index in [9.17, 15) is 4.79 Å². The van der Waals surface area contributed by atoms with Gasteiger partial charge in [-0.15, -0.1) is 0 Å². The van der Waals surface area contributed by atoms with Gasteiger partial charge in [-0.05, 0) is 49.1 Å². The van der Waals surface area contributed by atoms with Gasteiger partial charge in [0.05, 0.1) is 5.02 Å². The second-order valence-corrected chi connectivity index (χ2v) is 6.14. The van der Waals surface area contributed by atoms with Gasteiger partial charge in [0.15, 0.2) is 6.10 Å². The molecule has 0 heterocycles. The van der Waals surface area contributed by atoms with Crippen LogP contribution in [0.3, 0.4) is 0 Å². The maximum absolute atomic E-state index is 12.4. The van der Waals surface area contributed by atoms with Gasteiger partial charge >= 0.3 is 0 Å². The van der Waals surface area contributed by atoms with Gasteiger partial charge < -0.3 is 10.1 Å². The zero-order valence-electron chi connectivity index (χ0n) is 14.2. The Morgan fingerprint density at radius 3 is 2.46 bits per heavy atom. The number of carbonyl (C=O) groups is 1. The van der Waals surface area contributed by atoms with Gasteiger partial charge in [0.1, 0.15) is 5.75 Å². The number of nitrogens with one attached hydrogen (secondary N) is 1. The van der Waals surface area contributed by atoms with E-state index in [-0.39, 0.29) is 5.91 Å². The monoisotopic (exact) mass is 345 g/mol. The van der Waals surface area contributed by atoms with Gasteiger partial charge in [-0.25, -0.2) is 0 Å². The van der Waals surface area contributed by atoms with Gasteiger partial charge in [-0.2, -0.15) is 0 Å². The van der Waals surface area contributed by atoms with Gasteiger partial charge in [0, 0.05) is 5.69 Å². The van der Waals surface area contributed by atoms with Crippen LogP contribution in [-0.2, 0) is 11.2 Å². The Morgan fingerprint density at radius 1 is 1.12 bits per heavy atom. The Kier molecular flexibility index (Phi) is 7.13. The number of unbranched alkanes of at least 4 members (excludes halogenated alkanes) is 1. The van der Waals surface area contributed by atoms with Crippen molar-refractivity contribution in [3.8, 4) is 5.75 Å². The smallest absolute Gasteiger partial charge is 0.265 e. The summed E-state index contributed by atoms with van der Waals surface area (Å²) in [4.78, 5) is 12.4. The predicted octanol–water partition coefficient (Wildman–Crippen LogP) is 5.48. The molecule has 1 amide bonds. The molecule has 0 aliphatic heterocycles. The molecule has 0 aliphatic rings. The normalized spacial score (nSPS) is 11.8. The maximum atomic E-state index is 12.4. The quantitative estimate of drug-likeness (QED) is 0.688. The summed E-state index contributed by atoms with van der Waals surface area (Å²) in [5, 5.41) is 3.41. The Morgan fingerprint density at radius 2 is 1.83 bits per heavy atom. The van der Waals surface area contributed by atoms with E-state index in [0.29, 0.717) is 17.2 Å². The van der Waals surface area contributed by atoms with Crippen LogP contribution in [0.25, 0.3) is 0 Å². The third-order valence-electron chi connectivity index (χ3n) is 3.81. The predicted molar refractivity (Wildman–Crippen MR) is 99.8 cm³/mol. The minimum atomic E-state index is -0.579. The highest BCUT2D eigenvalue weighted by molar-refractivity contribution is 6.32. The molecule has 24 heavy (non-hydrogen) atoms. The molecule has 0 aliphatic carbocycles. The Labute approximate surface area is 149 Å². The molecule has 2 aromatic rings. The number of hydrogen-bond donors (Lipinski definition) is 1. The van der Waals surface area contributed by atoms with Crippen LogP contribution in [0.2, 0.25) is 5.02 Å². The molecule has 0 aromatic heterocycles. The fraction of sp³-hybridized carbons (Fsp3) is 0.350. The Bertz CT molecular complexity index is 655. The fourth-order valence-electron chi connectivity index (χ4n) is 2.37. The number of ether oxygens (including phenoxy) is 1. The third-order valence-corrected chi connectivity index (χ3v) is 4.12. The summed E-state index contributed by atoms with van der Waals surface area (Å²) in [6.45, 7) is 4.09. The molecular weight excluding hydrogens is 322 g/mol. The van der Waals surface area contributed by atoms with Crippen LogP contribution in [0, 0.1) is 0 Å². The van der Waals surface area contributed by atoms with E-state index in [1.54, 1.807) is 12.1 Å². The molecule has 3 nitrogen and oxygen atoms in total. The number of carbonyl (C=O) groups excluding carboxylic acids is 1. The number of rotatable bonds is 8. The molecule has 1 N–H and O–H groups in total. The average molecular weight is 346 g/mol. The van der Waals surface area contributed by atoms with E-state index in [2.05, 4.69) is 24.4 Å². The van der Waals surface area contributed by atoms with E-state index in [1.807, 2.05) is 31.2 Å². The molecule has 4 heteroatoms. The third kappa shape index (κ3) is 5.27. The van der Waals surface area contributed by atoms with E-state index < -0.39 is 6.10 Å². The highest BCUT2D eigenvalue weighted by Gasteiger charge is 2.19. The van der Waals surface area contributed by atoms with Crippen LogP contribution < -0.4 is 10.1 Å². The highest BCUT2D eigenvalue weighted by atomic mass is 35.5. The lowest BCUT2D eigenvalue weighted by Gasteiger charge is -2.18. The van der Waals surface area contributed by atoms with Gasteiger partial charge in [0.25, 0.3) is 5.91 Å². The summed E-state index contributed by atoms with van der Waals surface area (Å²) >= 11 is 6.09. The van der Waals surface area contributed by atoms with Crippen molar-refractivity contribution in [1.82, 2.24) is 0 Å². The first-order valence-electron chi connectivity index (χ1n) is 8.45. The Balaban J connectivity index is 1.97. The van der Waals surface area contributed by atoms with Crippen LogP contribution in [-0.4, -0.2) is 12.0 Å². The van der Waals surface area contributed by atoms with Gasteiger partial charge in [-0.3, -0.25) is 4.79 Å². The van der Waals surface area contributed by atoms with Gasteiger partial charge in [0.2, 0.25) is 0 Å². The highest BCUT2D eigenvalue weighted by Crippen LogP contribution is 2.25. The van der Waals surface area contributed by atoms with Crippen molar-refractivity contribution in [2.24, 2.45) is 0 Å². The summed E-state index contributed by atoms with van der Waals surface area (Å²) in [5.41, 5.74) is 2.07. The van der Waals surface area contributed by atoms with Crippen molar-refractivity contribution in [2.75, 3.05) is 5.32 Å².